The fourth-order valence-corrected chi connectivity index (χ4v) is 1.12. The van der Waals surface area contributed by atoms with Gasteiger partial charge in [-0.25, -0.2) is 13.2 Å². The molecule has 0 saturated carbocycles. The van der Waals surface area contributed by atoms with E-state index in [1.165, 1.54) is 22.6 Å². The van der Waals surface area contributed by atoms with Crippen molar-refractivity contribution in [3.63, 3.8) is 0 Å². The zero-order valence-electron chi connectivity index (χ0n) is 4.97. The zero-order valence-corrected chi connectivity index (χ0v) is 7.88. The normalized spacial score (nSPS) is 10.3. The molecule has 0 amide bonds. The van der Waals surface area contributed by atoms with E-state index in [1.807, 2.05) is 0 Å². The Morgan fingerprint density at radius 3 is 2.27 bits per heavy atom. The van der Waals surface area contributed by atoms with Crippen molar-refractivity contribution in [1.82, 2.24) is 0 Å². The van der Waals surface area contributed by atoms with Gasteiger partial charge in [0.2, 0.25) is 0 Å². The van der Waals surface area contributed by atoms with Gasteiger partial charge in [0.05, 0.1) is 8.59 Å². The second-order valence-electron chi connectivity index (χ2n) is 1.78. The summed E-state index contributed by atoms with van der Waals surface area (Å²) in [6.45, 7) is 0. The van der Waals surface area contributed by atoms with E-state index in [1.54, 1.807) is 0 Å². The summed E-state index contributed by atoms with van der Waals surface area (Å²) in [6, 6.07) is 0.461. The second kappa shape index (κ2) is 3.18. The first-order valence-electron chi connectivity index (χ1n) is 2.52. The van der Waals surface area contributed by atoms with E-state index in [2.05, 4.69) is 0 Å². The number of rotatable bonds is 0. The van der Waals surface area contributed by atoms with Crippen LogP contribution in [0.25, 0.3) is 0 Å². The molecule has 11 heavy (non-hydrogen) atoms. The molecule has 0 unspecified atom stereocenters. The van der Waals surface area contributed by atoms with Crippen LogP contribution in [-0.2, 0) is 0 Å². The van der Waals surface area contributed by atoms with Crippen molar-refractivity contribution in [2.75, 3.05) is 0 Å². The third kappa shape index (κ3) is 1.61. The number of hydrogen-bond donors (Lipinski definition) is 0. The monoisotopic (exact) mass is 292 g/mol. The maximum Gasteiger partial charge on any atom is 0.178 e. The predicted octanol–water partition coefficient (Wildman–Crippen LogP) is 3.36. The molecule has 0 aliphatic heterocycles. The van der Waals surface area contributed by atoms with Gasteiger partial charge in [-0.1, -0.05) is 11.6 Å². The van der Waals surface area contributed by atoms with Gasteiger partial charge in [0.15, 0.2) is 11.6 Å². The Bertz CT molecular complexity index is 274. The molecule has 1 aromatic rings. The number of halogens is 5. The molecule has 0 atom stereocenters. The molecule has 0 spiro atoms. The molecule has 5 heteroatoms. The molecular formula is C6HClF3I. The summed E-state index contributed by atoms with van der Waals surface area (Å²) in [6.07, 6.45) is 0. The summed E-state index contributed by atoms with van der Waals surface area (Å²) in [7, 11) is 0. The fourth-order valence-electron chi connectivity index (χ4n) is 0.544. The van der Waals surface area contributed by atoms with Gasteiger partial charge in [0.1, 0.15) is 5.82 Å². The lowest BCUT2D eigenvalue weighted by molar-refractivity contribution is 0.493. The highest BCUT2D eigenvalue weighted by Crippen LogP contribution is 2.26. The molecule has 60 valence electrons. The first-order valence-corrected chi connectivity index (χ1v) is 3.98. The van der Waals surface area contributed by atoms with Gasteiger partial charge in [-0.3, -0.25) is 0 Å². The molecule has 0 saturated heterocycles. The molecule has 0 aromatic heterocycles. The molecule has 0 fully saturated rings. The lowest BCUT2D eigenvalue weighted by Gasteiger charge is -1.99. The van der Waals surface area contributed by atoms with Gasteiger partial charge in [-0.05, 0) is 22.6 Å². The lowest BCUT2D eigenvalue weighted by Crippen LogP contribution is -1.92. The van der Waals surface area contributed by atoms with Crippen LogP contribution in [0.2, 0.25) is 5.02 Å². The van der Waals surface area contributed by atoms with Gasteiger partial charge < -0.3 is 0 Å². The minimum Gasteiger partial charge on any atom is -0.206 e. The molecule has 1 aromatic carbocycles. The largest absolute Gasteiger partial charge is 0.206 e. The van der Waals surface area contributed by atoms with Crippen LogP contribution in [0.4, 0.5) is 13.2 Å². The van der Waals surface area contributed by atoms with E-state index in [0.717, 1.165) is 0 Å². The highest BCUT2D eigenvalue weighted by atomic mass is 127. The molecule has 1 rings (SSSR count). The molecule has 0 radical (unpaired) electrons. The Morgan fingerprint density at radius 1 is 1.18 bits per heavy atom. The van der Waals surface area contributed by atoms with Crippen molar-refractivity contribution in [2.24, 2.45) is 0 Å². The van der Waals surface area contributed by atoms with Crippen LogP contribution < -0.4 is 0 Å². The molecule has 0 N–H and O–H groups in total. The molecular weight excluding hydrogens is 291 g/mol. The highest BCUT2D eigenvalue weighted by molar-refractivity contribution is 14.1. The molecule has 0 heterocycles. The van der Waals surface area contributed by atoms with E-state index in [-0.39, 0.29) is 3.57 Å². The van der Waals surface area contributed by atoms with Crippen molar-refractivity contribution in [2.45, 2.75) is 0 Å². The summed E-state index contributed by atoms with van der Waals surface area (Å²) in [5.74, 6) is -3.33. The SMILES string of the molecule is Fc1cc(F)c(I)c(Cl)c1F. The van der Waals surface area contributed by atoms with Crippen LogP contribution in [0.5, 0.6) is 0 Å². The quantitative estimate of drug-likeness (QED) is 0.391. The number of benzene rings is 1. The average molecular weight is 292 g/mol. The van der Waals surface area contributed by atoms with Crippen LogP contribution in [0, 0.1) is 21.0 Å². The van der Waals surface area contributed by atoms with Crippen LogP contribution in [0.3, 0.4) is 0 Å². The first kappa shape index (κ1) is 9.12. The Morgan fingerprint density at radius 2 is 1.73 bits per heavy atom. The summed E-state index contributed by atoms with van der Waals surface area (Å²) < 4.78 is 37.2. The summed E-state index contributed by atoms with van der Waals surface area (Å²) in [5.41, 5.74) is 0. The van der Waals surface area contributed by atoms with Crippen LogP contribution in [0.1, 0.15) is 0 Å². The Balaban J connectivity index is 3.46. The van der Waals surface area contributed by atoms with Crippen LogP contribution >= 0.6 is 34.2 Å². The molecule has 0 aliphatic carbocycles. The number of hydrogen-bond acceptors (Lipinski definition) is 0. The maximum absolute atomic E-state index is 12.5. The minimum atomic E-state index is -1.27. The molecule has 0 nitrogen and oxygen atoms in total. The van der Waals surface area contributed by atoms with Gasteiger partial charge >= 0.3 is 0 Å². The maximum atomic E-state index is 12.5. The smallest absolute Gasteiger partial charge is 0.178 e. The van der Waals surface area contributed by atoms with Gasteiger partial charge in [-0.2, -0.15) is 0 Å². The van der Waals surface area contributed by atoms with Crippen molar-refractivity contribution < 1.29 is 13.2 Å². The van der Waals surface area contributed by atoms with Crippen molar-refractivity contribution in [3.8, 4) is 0 Å². The standard InChI is InChI=1S/C6HClF3I/c7-4-5(10)2(8)1-3(9)6(4)11/h1H. The third-order valence-corrected chi connectivity index (χ3v) is 2.79. The topological polar surface area (TPSA) is 0 Å². The first-order chi connectivity index (χ1) is 5.04. The van der Waals surface area contributed by atoms with E-state index in [9.17, 15) is 13.2 Å². The van der Waals surface area contributed by atoms with E-state index in [0.29, 0.717) is 6.07 Å². The van der Waals surface area contributed by atoms with E-state index in [4.69, 9.17) is 11.6 Å². The van der Waals surface area contributed by atoms with Crippen molar-refractivity contribution in [1.29, 1.82) is 0 Å². The Labute approximate surface area is 79.5 Å². The predicted molar refractivity (Wildman–Crippen MR) is 44.0 cm³/mol. The lowest BCUT2D eigenvalue weighted by atomic mass is 10.3. The minimum absolute atomic E-state index is 0.108. The highest BCUT2D eigenvalue weighted by Gasteiger charge is 2.14. The second-order valence-corrected chi connectivity index (χ2v) is 3.24. The van der Waals surface area contributed by atoms with Crippen molar-refractivity contribution >= 4 is 34.2 Å². The van der Waals surface area contributed by atoms with Crippen LogP contribution in [0.15, 0.2) is 6.07 Å². The Hall–Kier alpha value is 0.0300. The summed E-state index contributed by atoms with van der Waals surface area (Å²) in [5, 5.41) is -0.511. The molecule has 0 bridgehead atoms. The van der Waals surface area contributed by atoms with Gasteiger partial charge in [-0.15, -0.1) is 0 Å². The van der Waals surface area contributed by atoms with Crippen molar-refractivity contribution in [3.05, 3.63) is 32.1 Å². The average Bonchev–Trinajstić information content (AvgIpc) is 1.97. The molecule has 0 aliphatic rings. The summed E-state index contributed by atoms with van der Waals surface area (Å²) >= 11 is 6.72. The van der Waals surface area contributed by atoms with Crippen LogP contribution in [-0.4, -0.2) is 0 Å². The fraction of sp³-hybridized carbons (Fsp3) is 0. The van der Waals surface area contributed by atoms with Gasteiger partial charge in [0.25, 0.3) is 0 Å². The Kier molecular flexibility index (Phi) is 2.64. The van der Waals surface area contributed by atoms with E-state index >= 15 is 0 Å². The summed E-state index contributed by atoms with van der Waals surface area (Å²) in [4.78, 5) is 0. The van der Waals surface area contributed by atoms with E-state index < -0.39 is 22.5 Å². The van der Waals surface area contributed by atoms with Gasteiger partial charge in [0, 0.05) is 6.07 Å². The third-order valence-electron chi connectivity index (χ3n) is 1.06. The zero-order chi connectivity index (χ0) is 8.59.